The van der Waals surface area contributed by atoms with E-state index >= 15 is 0 Å². The number of carbonyl (C=O) groups is 1. The molecule has 4 nitrogen and oxygen atoms in total. The Morgan fingerprint density at radius 1 is 1.12 bits per heavy atom. The van der Waals surface area contributed by atoms with Crippen LogP contribution in [0.2, 0.25) is 0 Å². The summed E-state index contributed by atoms with van der Waals surface area (Å²) in [5, 5.41) is 3.45. The Kier molecular flexibility index (Phi) is 4.63. The maximum absolute atomic E-state index is 13.0. The smallest absolute Gasteiger partial charge is 0.223 e. The average Bonchev–Trinajstić information content (AvgIpc) is 3.06. The average molecular weight is 335 g/mol. The van der Waals surface area contributed by atoms with Gasteiger partial charge in [-0.05, 0) is 63.7 Å². The first kappa shape index (κ1) is 16.8. The molecule has 4 rings (SSSR count). The summed E-state index contributed by atoms with van der Waals surface area (Å²) in [7, 11) is 0. The number of hydrogen-bond acceptors (Lipinski definition) is 3. The molecule has 2 bridgehead atoms. The second-order valence-electron chi connectivity index (χ2n) is 8.88. The lowest BCUT2D eigenvalue weighted by Crippen LogP contribution is -2.64. The molecule has 4 heteroatoms. The van der Waals surface area contributed by atoms with Crippen LogP contribution in [0.4, 0.5) is 0 Å². The number of nitrogens with one attached hydrogen (secondary N) is 1. The van der Waals surface area contributed by atoms with Crippen molar-refractivity contribution in [2.24, 2.45) is 28.9 Å². The number of carbonyl (C=O) groups excluding carboxylic acids is 1. The Morgan fingerprint density at radius 3 is 2.42 bits per heavy atom. The zero-order chi connectivity index (χ0) is 16.7. The van der Waals surface area contributed by atoms with Crippen LogP contribution in [-0.4, -0.2) is 30.7 Å². The zero-order valence-corrected chi connectivity index (χ0v) is 15.1. The molecule has 136 valence electrons. The van der Waals surface area contributed by atoms with E-state index in [4.69, 9.17) is 10.5 Å². The predicted molar refractivity (Wildman–Crippen MR) is 94.4 cm³/mol. The predicted octanol–water partition coefficient (Wildman–Crippen LogP) is 2.99. The number of fused-ring (bicyclic) bond motifs is 2. The van der Waals surface area contributed by atoms with Crippen molar-refractivity contribution in [3.8, 4) is 0 Å². The van der Waals surface area contributed by atoms with Gasteiger partial charge in [-0.3, -0.25) is 4.79 Å². The molecule has 0 heterocycles. The Balaban J connectivity index is 1.38. The minimum atomic E-state index is 0.199. The van der Waals surface area contributed by atoms with Gasteiger partial charge in [0.05, 0.1) is 6.10 Å². The molecule has 4 saturated carbocycles. The van der Waals surface area contributed by atoms with Gasteiger partial charge in [-0.2, -0.15) is 0 Å². The lowest BCUT2D eigenvalue weighted by molar-refractivity contribution is -0.148. The minimum Gasteiger partial charge on any atom is -0.378 e. The van der Waals surface area contributed by atoms with E-state index in [0.717, 1.165) is 25.9 Å². The van der Waals surface area contributed by atoms with Gasteiger partial charge in [-0.15, -0.1) is 0 Å². The van der Waals surface area contributed by atoms with Crippen molar-refractivity contribution in [1.82, 2.24) is 5.32 Å². The van der Waals surface area contributed by atoms with Gasteiger partial charge in [0.2, 0.25) is 5.91 Å². The highest BCUT2D eigenvalue weighted by Crippen LogP contribution is 2.55. The molecule has 3 N–H and O–H groups in total. The van der Waals surface area contributed by atoms with Crippen LogP contribution in [0.3, 0.4) is 0 Å². The van der Waals surface area contributed by atoms with E-state index < -0.39 is 0 Å². The summed E-state index contributed by atoms with van der Waals surface area (Å²) in [5.74, 6) is 1.66. The Hall–Kier alpha value is -0.610. The Bertz CT molecular complexity index is 460. The fourth-order valence-corrected chi connectivity index (χ4v) is 6.38. The highest BCUT2D eigenvalue weighted by molar-refractivity contribution is 5.79. The van der Waals surface area contributed by atoms with Crippen molar-refractivity contribution >= 4 is 5.91 Å². The van der Waals surface area contributed by atoms with Crippen LogP contribution < -0.4 is 11.1 Å². The molecule has 4 fully saturated rings. The van der Waals surface area contributed by atoms with Gasteiger partial charge in [0.25, 0.3) is 0 Å². The van der Waals surface area contributed by atoms with Gasteiger partial charge in [-0.25, -0.2) is 0 Å². The second-order valence-corrected chi connectivity index (χ2v) is 8.88. The maximum Gasteiger partial charge on any atom is 0.223 e. The van der Waals surface area contributed by atoms with Crippen molar-refractivity contribution in [3.63, 3.8) is 0 Å². The molecule has 4 atom stereocenters. The van der Waals surface area contributed by atoms with Crippen molar-refractivity contribution < 1.29 is 9.53 Å². The Labute approximate surface area is 146 Å². The Morgan fingerprint density at radius 2 is 1.79 bits per heavy atom. The van der Waals surface area contributed by atoms with E-state index in [9.17, 15) is 4.79 Å². The summed E-state index contributed by atoms with van der Waals surface area (Å²) in [6, 6.07) is 0.689. The van der Waals surface area contributed by atoms with Crippen LogP contribution in [-0.2, 0) is 9.53 Å². The molecular weight excluding hydrogens is 300 g/mol. The number of hydrogen-bond donors (Lipinski definition) is 2. The fourth-order valence-electron chi connectivity index (χ4n) is 6.38. The van der Waals surface area contributed by atoms with Crippen LogP contribution >= 0.6 is 0 Å². The van der Waals surface area contributed by atoms with Crippen molar-refractivity contribution in [2.45, 2.75) is 89.3 Å². The van der Waals surface area contributed by atoms with Crippen LogP contribution in [0.1, 0.15) is 71.1 Å². The van der Waals surface area contributed by atoms with Gasteiger partial charge in [0.15, 0.2) is 0 Å². The van der Waals surface area contributed by atoms with Gasteiger partial charge in [0, 0.05) is 30.0 Å². The van der Waals surface area contributed by atoms with E-state index in [0.29, 0.717) is 35.9 Å². The van der Waals surface area contributed by atoms with E-state index in [2.05, 4.69) is 12.2 Å². The van der Waals surface area contributed by atoms with E-state index in [-0.39, 0.29) is 11.3 Å². The summed E-state index contributed by atoms with van der Waals surface area (Å²) in [4.78, 5) is 13.0. The molecule has 4 aliphatic carbocycles. The van der Waals surface area contributed by atoms with Crippen molar-refractivity contribution in [3.05, 3.63) is 0 Å². The maximum atomic E-state index is 13.0. The standard InChI is InChI=1S/C20H34N2O2/c1-2-24-17-12-16(20(17)8-3-4-9-20)22-19(23)15-10-13-6-5-7-14(11-15)18(13)21/h13-18H,2-12,21H2,1H3,(H,22,23). The zero-order valence-electron chi connectivity index (χ0n) is 15.1. The van der Waals surface area contributed by atoms with Crippen LogP contribution in [0.5, 0.6) is 0 Å². The SMILES string of the molecule is CCOC1CC(NC(=O)C2CC3CCCC(C2)C3N)C12CCCC2. The lowest BCUT2D eigenvalue weighted by atomic mass is 9.60. The molecule has 1 amide bonds. The van der Waals surface area contributed by atoms with Gasteiger partial charge in [-0.1, -0.05) is 19.3 Å². The van der Waals surface area contributed by atoms with Gasteiger partial charge < -0.3 is 15.8 Å². The minimum absolute atomic E-state index is 0.199. The summed E-state index contributed by atoms with van der Waals surface area (Å²) < 4.78 is 5.98. The number of nitrogens with two attached hydrogens (primary N) is 1. The third kappa shape index (κ3) is 2.70. The van der Waals surface area contributed by atoms with Crippen LogP contribution in [0.15, 0.2) is 0 Å². The first-order valence-electron chi connectivity index (χ1n) is 10.3. The summed E-state index contributed by atoms with van der Waals surface area (Å²) in [6.07, 6.45) is 12.2. The molecule has 0 aromatic rings. The summed E-state index contributed by atoms with van der Waals surface area (Å²) in [6.45, 7) is 2.87. The molecule has 24 heavy (non-hydrogen) atoms. The lowest BCUT2D eigenvalue weighted by Gasteiger charge is -2.54. The van der Waals surface area contributed by atoms with Gasteiger partial charge in [0.1, 0.15) is 0 Å². The first-order valence-corrected chi connectivity index (χ1v) is 10.3. The molecule has 0 radical (unpaired) electrons. The molecule has 0 saturated heterocycles. The normalized spacial score (nSPS) is 43.4. The van der Waals surface area contributed by atoms with E-state index in [1.165, 1.54) is 44.9 Å². The van der Waals surface area contributed by atoms with Gasteiger partial charge >= 0.3 is 0 Å². The third-order valence-electron chi connectivity index (χ3n) is 7.79. The van der Waals surface area contributed by atoms with Crippen LogP contribution in [0, 0.1) is 23.2 Å². The summed E-state index contributed by atoms with van der Waals surface area (Å²) >= 11 is 0. The third-order valence-corrected chi connectivity index (χ3v) is 7.79. The molecular formula is C20H34N2O2. The highest BCUT2D eigenvalue weighted by Gasteiger charge is 2.57. The highest BCUT2D eigenvalue weighted by atomic mass is 16.5. The molecule has 4 unspecified atom stereocenters. The number of ether oxygens (including phenoxy) is 1. The topological polar surface area (TPSA) is 64.3 Å². The molecule has 4 aliphatic rings. The van der Waals surface area contributed by atoms with E-state index in [1.807, 2.05) is 0 Å². The second kappa shape index (κ2) is 6.60. The van der Waals surface area contributed by atoms with Crippen molar-refractivity contribution in [1.29, 1.82) is 0 Å². The molecule has 0 aromatic heterocycles. The largest absolute Gasteiger partial charge is 0.378 e. The fraction of sp³-hybridized carbons (Fsp3) is 0.950. The van der Waals surface area contributed by atoms with Crippen molar-refractivity contribution in [2.75, 3.05) is 6.61 Å². The monoisotopic (exact) mass is 334 g/mol. The number of amides is 1. The number of rotatable bonds is 4. The molecule has 1 spiro atoms. The summed E-state index contributed by atoms with van der Waals surface area (Å²) in [5.41, 5.74) is 6.63. The molecule has 0 aromatic carbocycles. The quantitative estimate of drug-likeness (QED) is 0.831. The van der Waals surface area contributed by atoms with Crippen LogP contribution in [0.25, 0.3) is 0 Å². The first-order chi connectivity index (χ1) is 11.6. The molecule has 0 aliphatic heterocycles. The van der Waals surface area contributed by atoms with E-state index in [1.54, 1.807) is 0 Å².